The average molecular weight is 305 g/mol. The van der Waals surface area contributed by atoms with Gasteiger partial charge < -0.3 is 5.84 Å². The van der Waals surface area contributed by atoms with Crippen molar-refractivity contribution in [1.82, 2.24) is 9.66 Å². The van der Waals surface area contributed by atoms with E-state index in [2.05, 4.69) is 34.6 Å². The maximum atomic E-state index is 5.52. The first kappa shape index (κ1) is 14.8. The third kappa shape index (κ3) is 3.23. The second-order valence-corrected chi connectivity index (χ2v) is 5.40. The third-order valence-electron chi connectivity index (χ3n) is 3.67. The Labute approximate surface area is 135 Å². The van der Waals surface area contributed by atoms with E-state index in [-0.39, 0.29) is 0 Å². The predicted molar refractivity (Wildman–Crippen MR) is 92.4 cm³/mol. The first-order valence-electron chi connectivity index (χ1n) is 7.41. The summed E-state index contributed by atoms with van der Waals surface area (Å²) in [5.74, 6) is 5.52. The SMILES string of the molecule is Cc1ccc(-c2ccn(Nc3ccccc3C)/c(=N/N)n2)cc1. The molecule has 0 unspecified atom stereocenters. The van der Waals surface area contributed by atoms with Gasteiger partial charge in [0.2, 0.25) is 0 Å². The summed E-state index contributed by atoms with van der Waals surface area (Å²) in [6.45, 7) is 4.10. The standard InChI is InChI=1S/C18H19N5/c1-13-7-9-15(10-8-13)17-11-12-23(18(20-17)21-19)22-16-6-4-3-5-14(16)2/h3-12,22H,19H2,1-2H3/b21-18+. The third-order valence-corrected chi connectivity index (χ3v) is 3.67. The number of nitrogens with zero attached hydrogens (tertiary/aromatic N) is 3. The Morgan fingerprint density at radius 2 is 1.74 bits per heavy atom. The summed E-state index contributed by atoms with van der Waals surface area (Å²) >= 11 is 0. The van der Waals surface area contributed by atoms with Crippen molar-refractivity contribution in [3.8, 4) is 11.3 Å². The van der Waals surface area contributed by atoms with Gasteiger partial charge >= 0.3 is 0 Å². The zero-order valence-corrected chi connectivity index (χ0v) is 13.2. The molecule has 5 nitrogen and oxygen atoms in total. The average Bonchev–Trinajstić information content (AvgIpc) is 2.58. The van der Waals surface area contributed by atoms with Gasteiger partial charge in [0, 0.05) is 11.8 Å². The number of hydrogen-bond acceptors (Lipinski definition) is 4. The van der Waals surface area contributed by atoms with Gasteiger partial charge in [-0.1, -0.05) is 48.0 Å². The van der Waals surface area contributed by atoms with Crippen molar-refractivity contribution in [3.05, 3.63) is 77.5 Å². The fraction of sp³-hybridized carbons (Fsp3) is 0.111. The first-order chi connectivity index (χ1) is 11.2. The number of aryl methyl sites for hydroxylation is 2. The summed E-state index contributed by atoms with van der Waals surface area (Å²) in [6.07, 6.45) is 1.88. The maximum absolute atomic E-state index is 5.52. The van der Waals surface area contributed by atoms with E-state index in [1.165, 1.54) is 5.56 Å². The predicted octanol–water partition coefficient (Wildman–Crippen LogP) is 2.82. The fourth-order valence-corrected chi connectivity index (χ4v) is 2.30. The zero-order chi connectivity index (χ0) is 16.2. The number of benzene rings is 2. The number of aromatic nitrogens is 2. The van der Waals surface area contributed by atoms with Gasteiger partial charge in [0.15, 0.2) is 0 Å². The zero-order valence-electron chi connectivity index (χ0n) is 13.2. The van der Waals surface area contributed by atoms with E-state index in [4.69, 9.17) is 5.84 Å². The summed E-state index contributed by atoms with van der Waals surface area (Å²) in [4.78, 5) is 4.53. The van der Waals surface area contributed by atoms with Gasteiger partial charge in [0.05, 0.1) is 11.4 Å². The van der Waals surface area contributed by atoms with Crippen molar-refractivity contribution in [3.63, 3.8) is 0 Å². The first-order valence-corrected chi connectivity index (χ1v) is 7.41. The van der Waals surface area contributed by atoms with E-state index >= 15 is 0 Å². The number of hydrogen-bond donors (Lipinski definition) is 2. The van der Waals surface area contributed by atoms with Crippen LogP contribution in [0.2, 0.25) is 0 Å². The van der Waals surface area contributed by atoms with Crippen LogP contribution in [0.3, 0.4) is 0 Å². The van der Waals surface area contributed by atoms with Gasteiger partial charge in [-0.25, -0.2) is 9.66 Å². The molecule has 0 aliphatic carbocycles. The highest BCUT2D eigenvalue weighted by Crippen LogP contribution is 2.16. The number of nitrogens with two attached hydrogens (primary N) is 1. The van der Waals surface area contributed by atoms with Crippen LogP contribution >= 0.6 is 0 Å². The molecule has 0 radical (unpaired) electrons. The highest BCUT2D eigenvalue weighted by Gasteiger charge is 2.03. The van der Waals surface area contributed by atoms with Crippen LogP contribution in [0.5, 0.6) is 0 Å². The lowest BCUT2D eigenvalue weighted by atomic mass is 10.1. The fourth-order valence-electron chi connectivity index (χ4n) is 2.30. The molecule has 3 rings (SSSR count). The van der Waals surface area contributed by atoms with Crippen molar-refractivity contribution >= 4 is 5.69 Å². The van der Waals surface area contributed by atoms with Crippen LogP contribution in [0.4, 0.5) is 5.69 Å². The molecule has 0 fully saturated rings. The number of rotatable bonds is 3. The van der Waals surface area contributed by atoms with Gasteiger partial charge in [-0.05, 0) is 31.5 Å². The van der Waals surface area contributed by atoms with E-state index in [0.29, 0.717) is 5.62 Å². The van der Waals surface area contributed by atoms with Crippen LogP contribution in [0.15, 0.2) is 65.9 Å². The Balaban J connectivity index is 1.98. The Bertz CT molecular complexity index is 878. The highest BCUT2D eigenvalue weighted by atomic mass is 15.4. The van der Waals surface area contributed by atoms with Crippen LogP contribution in [0, 0.1) is 13.8 Å². The summed E-state index contributed by atoms with van der Waals surface area (Å²) in [5, 5.41) is 3.79. The minimum Gasteiger partial charge on any atom is -0.320 e. The minimum atomic E-state index is 0.409. The second-order valence-electron chi connectivity index (χ2n) is 5.40. The molecule has 1 aromatic heterocycles. The molecule has 1 heterocycles. The molecule has 23 heavy (non-hydrogen) atoms. The summed E-state index contributed by atoms with van der Waals surface area (Å²) < 4.78 is 1.71. The Morgan fingerprint density at radius 3 is 2.43 bits per heavy atom. The minimum absolute atomic E-state index is 0.409. The molecule has 3 aromatic rings. The monoisotopic (exact) mass is 305 g/mol. The van der Waals surface area contributed by atoms with Crippen LogP contribution in [0.1, 0.15) is 11.1 Å². The Kier molecular flexibility index (Phi) is 4.10. The lowest BCUT2D eigenvalue weighted by Gasteiger charge is -2.13. The lowest BCUT2D eigenvalue weighted by molar-refractivity contribution is 0.792. The van der Waals surface area contributed by atoms with E-state index < -0.39 is 0 Å². The molecular weight excluding hydrogens is 286 g/mol. The molecule has 3 N–H and O–H groups in total. The van der Waals surface area contributed by atoms with Crippen molar-refractivity contribution in [2.24, 2.45) is 10.9 Å². The molecule has 0 aliphatic rings. The maximum Gasteiger partial charge on any atom is 0.265 e. The molecule has 0 spiro atoms. The molecule has 2 aromatic carbocycles. The van der Waals surface area contributed by atoms with E-state index in [1.807, 2.05) is 55.6 Å². The van der Waals surface area contributed by atoms with Crippen molar-refractivity contribution in [1.29, 1.82) is 0 Å². The summed E-state index contributed by atoms with van der Waals surface area (Å²) in [6, 6.07) is 18.1. The van der Waals surface area contributed by atoms with Gasteiger partial charge in [-0.3, -0.25) is 5.43 Å². The lowest BCUT2D eigenvalue weighted by Crippen LogP contribution is -2.31. The number of nitrogens with one attached hydrogen (secondary N) is 1. The van der Waals surface area contributed by atoms with Crippen molar-refractivity contribution < 1.29 is 0 Å². The highest BCUT2D eigenvalue weighted by molar-refractivity contribution is 5.58. The van der Waals surface area contributed by atoms with Crippen molar-refractivity contribution in [2.45, 2.75) is 13.8 Å². The van der Waals surface area contributed by atoms with E-state index in [9.17, 15) is 0 Å². The van der Waals surface area contributed by atoms with Crippen LogP contribution in [-0.2, 0) is 0 Å². The number of para-hydroxylation sites is 1. The molecule has 0 saturated carbocycles. The summed E-state index contributed by atoms with van der Waals surface area (Å²) in [7, 11) is 0. The smallest absolute Gasteiger partial charge is 0.265 e. The van der Waals surface area contributed by atoms with Gasteiger partial charge in [-0.2, -0.15) is 0 Å². The molecule has 0 amide bonds. The molecule has 5 heteroatoms. The van der Waals surface area contributed by atoms with Crippen molar-refractivity contribution in [2.75, 3.05) is 5.43 Å². The van der Waals surface area contributed by atoms with Gasteiger partial charge in [-0.15, -0.1) is 5.10 Å². The normalized spacial score (nSPS) is 11.5. The second kappa shape index (κ2) is 6.36. The largest absolute Gasteiger partial charge is 0.320 e. The quantitative estimate of drug-likeness (QED) is 0.577. The van der Waals surface area contributed by atoms with Crippen LogP contribution < -0.4 is 16.9 Å². The molecule has 0 saturated heterocycles. The molecule has 116 valence electrons. The van der Waals surface area contributed by atoms with Gasteiger partial charge in [0.1, 0.15) is 0 Å². The Hall–Kier alpha value is -3.08. The van der Waals surface area contributed by atoms with E-state index in [0.717, 1.165) is 22.5 Å². The molecule has 0 atom stereocenters. The topological polar surface area (TPSA) is 68.2 Å². The van der Waals surface area contributed by atoms with Crippen LogP contribution in [0.25, 0.3) is 11.3 Å². The molecular formula is C18H19N5. The Morgan fingerprint density at radius 1 is 1.00 bits per heavy atom. The van der Waals surface area contributed by atoms with E-state index in [1.54, 1.807) is 4.68 Å². The molecule has 0 bridgehead atoms. The number of anilines is 1. The molecule has 0 aliphatic heterocycles. The van der Waals surface area contributed by atoms with Gasteiger partial charge in [0.25, 0.3) is 5.62 Å². The summed E-state index contributed by atoms with van der Waals surface area (Å²) in [5.41, 5.74) is 8.85. The van der Waals surface area contributed by atoms with Crippen LogP contribution in [-0.4, -0.2) is 9.66 Å².